The van der Waals surface area contributed by atoms with Gasteiger partial charge in [0.2, 0.25) is 0 Å². The number of fused-ring (bicyclic) bond motifs is 1. The van der Waals surface area contributed by atoms with Crippen molar-refractivity contribution in [3.05, 3.63) is 58.5 Å². The second-order valence-electron chi connectivity index (χ2n) is 8.55. The molecule has 8 heteroatoms. The molecule has 0 N–H and O–H groups in total. The smallest absolute Gasteiger partial charge is 0.278 e. The Bertz CT molecular complexity index is 1200. The van der Waals surface area contributed by atoms with Gasteiger partial charge in [-0.25, -0.2) is 9.97 Å². The van der Waals surface area contributed by atoms with Crippen LogP contribution in [0.2, 0.25) is 0 Å². The molecule has 1 aromatic carbocycles. The first kappa shape index (κ1) is 20.8. The maximum Gasteiger partial charge on any atom is 0.278 e. The minimum atomic E-state index is -0.506. The van der Waals surface area contributed by atoms with E-state index in [1.807, 2.05) is 24.8 Å². The summed E-state index contributed by atoms with van der Waals surface area (Å²) in [7, 11) is 0. The first-order chi connectivity index (χ1) is 15.5. The van der Waals surface area contributed by atoms with E-state index in [2.05, 4.69) is 9.97 Å². The molecule has 2 saturated heterocycles. The molecule has 5 rings (SSSR count). The third kappa shape index (κ3) is 3.59. The van der Waals surface area contributed by atoms with Gasteiger partial charge in [-0.15, -0.1) is 0 Å². The lowest BCUT2D eigenvalue weighted by atomic mass is 10.0. The van der Waals surface area contributed by atoms with Crippen molar-refractivity contribution < 1.29 is 14.3 Å². The van der Waals surface area contributed by atoms with Crippen molar-refractivity contribution >= 4 is 17.1 Å². The van der Waals surface area contributed by atoms with Gasteiger partial charge in [-0.3, -0.25) is 14.2 Å². The van der Waals surface area contributed by atoms with Crippen LogP contribution in [0.1, 0.15) is 43.1 Å². The predicted octanol–water partition coefficient (Wildman–Crippen LogP) is 3.02. The number of hydrogen-bond acceptors (Lipinski definition) is 6. The molecule has 0 radical (unpaired) electrons. The molecule has 1 amide bonds. The molecule has 0 unspecified atom stereocenters. The van der Waals surface area contributed by atoms with E-state index in [0.29, 0.717) is 67.1 Å². The van der Waals surface area contributed by atoms with Gasteiger partial charge in [-0.05, 0) is 38.1 Å². The molecule has 2 aliphatic heterocycles. The Balaban J connectivity index is 1.40. The molecule has 0 atom stereocenters. The van der Waals surface area contributed by atoms with Crippen LogP contribution >= 0.6 is 0 Å². The number of hydrogen-bond donors (Lipinski definition) is 0. The standard InChI is InChI=1S/C24H26N4O4/c1-16(2)28-21-19(4-3-11-25-21)26-20(23(28)30)17-5-7-18(8-6-17)22(29)27-12-9-24(10-13-27)31-14-15-32-24/h3-8,11,16H,9-10,12-15H2,1-2H3. The summed E-state index contributed by atoms with van der Waals surface area (Å²) in [6.45, 7) is 6.33. The van der Waals surface area contributed by atoms with Crippen molar-refractivity contribution in [1.82, 2.24) is 19.4 Å². The van der Waals surface area contributed by atoms with Gasteiger partial charge in [0.25, 0.3) is 11.5 Å². The average Bonchev–Trinajstić information content (AvgIpc) is 3.26. The van der Waals surface area contributed by atoms with Gasteiger partial charge in [0.15, 0.2) is 11.4 Å². The van der Waals surface area contributed by atoms with Crippen molar-refractivity contribution in [2.45, 2.75) is 38.5 Å². The van der Waals surface area contributed by atoms with Crippen molar-refractivity contribution in [2.24, 2.45) is 0 Å². The summed E-state index contributed by atoms with van der Waals surface area (Å²) in [5.41, 5.74) is 2.66. The summed E-state index contributed by atoms with van der Waals surface area (Å²) in [4.78, 5) is 36.9. The van der Waals surface area contributed by atoms with Crippen LogP contribution in [0.25, 0.3) is 22.4 Å². The third-order valence-corrected chi connectivity index (χ3v) is 6.20. The van der Waals surface area contributed by atoms with Crippen LogP contribution < -0.4 is 5.56 Å². The van der Waals surface area contributed by atoms with E-state index in [9.17, 15) is 9.59 Å². The first-order valence-electron chi connectivity index (χ1n) is 11.0. The normalized spacial score (nSPS) is 18.0. The molecule has 2 aliphatic rings. The number of ether oxygens (including phenoxy) is 2. The quantitative estimate of drug-likeness (QED) is 0.630. The van der Waals surface area contributed by atoms with Crippen LogP contribution in [0.4, 0.5) is 0 Å². The van der Waals surface area contributed by atoms with Gasteiger partial charge in [-0.1, -0.05) is 12.1 Å². The molecule has 2 fully saturated rings. The Morgan fingerprint density at radius 2 is 1.75 bits per heavy atom. The zero-order chi connectivity index (χ0) is 22.3. The summed E-state index contributed by atoms with van der Waals surface area (Å²) in [5.74, 6) is -0.534. The van der Waals surface area contributed by atoms with Gasteiger partial charge in [0, 0.05) is 49.3 Å². The Morgan fingerprint density at radius 3 is 2.41 bits per heavy atom. The number of carbonyl (C=O) groups excluding carboxylic acids is 1. The molecule has 0 bridgehead atoms. The third-order valence-electron chi connectivity index (χ3n) is 6.20. The van der Waals surface area contributed by atoms with Crippen molar-refractivity contribution in [3.63, 3.8) is 0 Å². The lowest BCUT2D eigenvalue weighted by Crippen LogP contribution is -2.47. The molecule has 1 spiro atoms. The summed E-state index contributed by atoms with van der Waals surface area (Å²) < 4.78 is 13.1. The van der Waals surface area contributed by atoms with Gasteiger partial charge >= 0.3 is 0 Å². The SMILES string of the molecule is CC(C)n1c(=O)c(-c2ccc(C(=O)N3CCC4(CC3)OCCO4)cc2)nc2cccnc21. The molecular weight excluding hydrogens is 408 g/mol. The minimum Gasteiger partial charge on any atom is -0.347 e. The monoisotopic (exact) mass is 434 g/mol. The fourth-order valence-corrected chi connectivity index (χ4v) is 4.50. The number of amides is 1. The Hall–Kier alpha value is -3.10. The molecule has 2 aromatic heterocycles. The van der Waals surface area contributed by atoms with Crippen LogP contribution in [0.5, 0.6) is 0 Å². The highest BCUT2D eigenvalue weighted by atomic mass is 16.7. The van der Waals surface area contributed by atoms with E-state index in [1.165, 1.54) is 0 Å². The number of rotatable bonds is 3. The van der Waals surface area contributed by atoms with Crippen molar-refractivity contribution in [1.29, 1.82) is 0 Å². The average molecular weight is 434 g/mol. The molecule has 166 valence electrons. The van der Waals surface area contributed by atoms with E-state index >= 15 is 0 Å². The zero-order valence-corrected chi connectivity index (χ0v) is 18.3. The molecule has 32 heavy (non-hydrogen) atoms. The van der Waals surface area contributed by atoms with Gasteiger partial charge < -0.3 is 14.4 Å². The molecule has 3 aromatic rings. The van der Waals surface area contributed by atoms with Crippen LogP contribution in [-0.2, 0) is 9.47 Å². The van der Waals surface area contributed by atoms with Crippen molar-refractivity contribution in [3.8, 4) is 11.3 Å². The Morgan fingerprint density at radius 1 is 1.06 bits per heavy atom. The van der Waals surface area contributed by atoms with E-state index in [1.54, 1.807) is 41.1 Å². The molecule has 0 aliphatic carbocycles. The molecule has 0 saturated carbocycles. The largest absolute Gasteiger partial charge is 0.347 e. The number of pyridine rings is 1. The predicted molar refractivity (Wildman–Crippen MR) is 119 cm³/mol. The second kappa shape index (κ2) is 8.11. The summed E-state index contributed by atoms with van der Waals surface area (Å²) >= 11 is 0. The van der Waals surface area contributed by atoms with E-state index in [0.717, 1.165) is 0 Å². The highest BCUT2D eigenvalue weighted by Gasteiger charge is 2.40. The molecule has 4 heterocycles. The van der Waals surface area contributed by atoms with Crippen molar-refractivity contribution in [2.75, 3.05) is 26.3 Å². The minimum absolute atomic E-state index is 0.0281. The topological polar surface area (TPSA) is 86.6 Å². The van der Waals surface area contributed by atoms with E-state index in [4.69, 9.17) is 9.47 Å². The summed E-state index contributed by atoms with van der Waals surface area (Å²) in [6.07, 6.45) is 3.02. The fraction of sp³-hybridized carbons (Fsp3) is 0.417. The Labute approximate surface area is 185 Å². The maximum atomic E-state index is 13.2. The summed E-state index contributed by atoms with van der Waals surface area (Å²) in [5, 5.41) is 0. The number of aromatic nitrogens is 3. The number of nitrogens with zero attached hydrogens (tertiary/aromatic N) is 4. The zero-order valence-electron chi connectivity index (χ0n) is 18.3. The highest BCUT2D eigenvalue weighted by Crippen LogP contribution is 2.32. The van der Waals surface area contributed by atoms with Crippen LogP contribution in [0.3, 0.4) is 0 Å². The van der Waals surface area contributed by atoms with E-state index in [-0.39, 0.29) is 17.5 Å². The fourth-order valence-electron chi connectivity index (χ4n) is 4.50. The van der Waals surface area contributed by atoms with Crippen LogP contribution in [-0.4, -0.2) is 57.4 Å². The number of likely N-dealkylation sites (tertiary alicyclic amines) is 1. The number of piperidine rings is 1. The van der Waals surface area contributed by atoms with Crippen LogP contribution in [0.15, 0.2) is 47.4 Å². The second-order valence-corrected chi connectivity index (χ2v) is 8.55. The summed E-state index contributed by atoms with van der Waals surface area (Å²) in [6, 6.07) is 10.7. The van der Waals surface area contributed by atoms with Gasteiger partial charge in [-0.2, -0.15) is 0 Å². The molecular formula is C24H26N4O4. The van der Waals surface area contributed by atoms with Crippen LogP contribution in [0, 0.1) is 0 Å². The Kier molecular flexibility index (Phi) is 5.27. The first-order valence-corrected chi connectivity index (χ1v) is 11.0. The maximum absolute atomic E-state index is 13.2. The highest BCUT2D eigenvalue weighted by molar-refractivity contribution is 5.94. The van der Waals surface area contributed by atoms with Gasteiger partial charge in [0.05, 0.1) is 13.2 Å². The lowest BCUT2D eigenvalue weighted by Gasteiger charge is -2.37. The lowest BCUT2D eigenvalue weighted by molar-refractivity contribution is -0.181. The molecule has 8 nitrogen and oxygen atoms in total. The number of benzene rings is 1. The number of carbonyl (C=O) groups is 1. The van der Waals surface area contributed by atoms with E-state index < -0.39 is 5.79 Å². The van der Waals surface area contributed by atoms with Gasteiger partial charge in [0.1, 0.15) is 11.2 Å².